The molecule has 0 saturated carbocycles. The van der Waals surface area contributed by atoms with Gasteiger partial charge in [-0.15, -0.1) is 12.4 Å². The maximum absolute atomic E-state index is 13.3. The van der Waals surface area contributed by atoms with E-state index in [9.17, 15) is 23.1 Å². The molecule has 3 N–H and O–H groups in total. The molecule has 0 bridgehead atoms. The zero-order valence-corrected chi connectivity index (χ0v) is 13.2. The van der Waals surface area contributed by atoms with Gasteiger partial charge in [0.1, 0.15) is 0 Å². The normalized spacial score (nSPS) is 21.0. The summed E-state index contributed by atoms with van der Waals surface area (Å²) in [6.45, 7) is -0.238. The van der Waals surface area contributed by atoms with Gasteiger partial charge in [0.15, 0.2) is 0 Å². The van der Waals surface area contributed by atoms with Crippen LogP contribution in [0.25, 0.3) is 0 Å². The topological polar surface area (TPSA) is 61.4 Å². The van der Waals surface area contributed by atoms with Gasteiger partial charge >= 0.3 is 6.18 Å². The average molecular weight is 353 g/mol. The van der Waals surface area contributed by atoms with Gasteiger partial charge in [-0.25, -0.2) is 0 Å². The summed E-state index contributed by atoms with van der Waals surface area (Å²) in [6.07, 6.45) is -2.50. The Kier molecular flexibility index (Phi) is 6.85. The van der Waals surface area contributed by atoms with Gasteiger partial charge in [0.05, 0.1) is 12.6 Å². The Labute approximate surface area is 138 Å². The van der Waals surface area contributed by atoms with E-state index >= 15 is 0 Å². The van der Waals surface area contributed by atoms with E-state index < -0.39 is 30.3 Å². The number of rotatable bonds is 4. The fourth-order valence-corrected chi connectivity index (χ4v) is 2.49. The van der Waals surface area contributed by atoms with Crippen molar-refractivity contribution in [2.45, 2.75) is 37.1 Å². The van der Waals surface area contributed by atoms with Crippen molar-refractivity contribution in [2.75, 3.05) is 13.1 Å². The number of carbonyl (C=O) groups excluding carboxylic acids is 1. The Hall–Kier alpha value is -1.31. The first-order valence-electron chi connectivity index (χ1n) is 7.20. The zero-order valence-electron chi connectivity index (χ0n) is 12.4. The van der Waals surface area contributed by atoms with Crippen LogP contribution in [-0.4, -0.2) is 36.3 Å². The lowest BCUT2D eigenvalue weighted by Crippen LogP contribution is -2.54. The molecule has 1 aliphatic rings. The summed E-state index contributed by atoms with van der Waals surface area (Å²) in [7, 11) is 0. The minimum absolute atomic E-state index is 0. The summed E-state index contributed by atoms with van der Waals surface area (Å²) in [5, 5.41) is 15.3. The molecule has 1 aromatic rings. The lowest BCUT2D eigenvalue weighted by molar-refractivity contribution is -0.264. The van der Waals surface area contributed by atoms with E-state index in [1.165, 1.54) is 24.3 Å². The average Bonchev–Trinajstić information content (AvgIpc) is 2.53. The Morgan fingerprint density at radius 1 is 1.26 bits per heavy atom. The van der Waals surface area contributed by atoms with Crippen molar-refractivity contribution in [1.29, 1.82) is 0 Å². The quantitative estimate of drug-likeness (QED) is 0.778. The van der Waals surface area contributed by atoms with Crippen LogP contribution >= 0.6 is 12.4 Å². The molecule has 2 atom stereocenters. The number of halogens is 4. The van der Waals surface area contributed by atoms with E-state index in [-0.39, 0.29) is 18.0 Å². The number of benzene rings is 1. The molecule has 0 aromatic heterocycles. The molecule has 23 heavy (non-hydrogen) atoms. The van der Waals surface area contributed by atoms with Gasteiger partial charge in [0, 0.05) is 0 Å². The van der Waals surface area contributed by atoms with Crippen LogP contribution in [0.15, 0.2) is 30.3 Å². The van der Waals surface area contributed by atoms with Crippen molar-refractivity contribution < 1.29 is 23.1 Å². The van der Waals surface area contributed by atoms with Crippen molar-refractivity contribution in [1.82, 2.24) is 10.6 Å². The lowest BCUT2D eigenvalue weighted by Gasteiger charge is -2.32. The number of aliphatic hydroxyl groups is 1. The van der Waals surface area contributed by atoms with Gasteiger partial charge in [-0.05, 0) is 24.9 Å². The highest BCUT2D eigenvalue weighted by molar-refractivity contribution is 5.85. The molecule has 2 rings (SSSR count). The van der Waals surface area contributed by atoms with E-state index in [4.69, 9.17) is 0 Å². The van der Waals surface area contributed by atoms with E-state index in [1.807, 2.05) is 0 Å². The molecule has 0 spiro atoms. The SMILES string of the molecule is Cl.O=C(NCC(O)(c1ccccc1)C(F)(F)F)C1CCCCN1. The fraction of sp³-hybridized carbons (Fsp3) is 0.533. The Balaban J connectivity index is 0.00000264. The van der Waals surface area contributed by atoms with Crippen molar-refractivity contribution in [3.63, 3.8) is 0 Å². The second kappa shape index (κ2) is 7.99. The van der Waals surface area contributed by atoms with Gasteiger partial charge < -0.3 is 15.7 Å². The first-order valence-corrected chi connectivity index (χ1v) is 7.20. The molecular weight excluding hydrogens is 333 g/mol. The molecule has 130 valence electrons. The van der Waals surface area contributed by atoms with Crippen LogP contribution in [0.3, 0.4) is 0 Å². The number of carbonyl (C=O) groups is 1. The third kappa shape index (κ3) is 4.59. The molecule has 2 unspecified atom stereocenters. The Bertz CT molecular complexity index is 507. The summed E-state index contributed by atoms with van der Waals surface area (Å²) >= 11 is 0. The van der Waals surface area contributed by atoms with Gasteiger partial charge in [0.2, 0.25) is 11.5 Å². The molecule has 1 heterocycles. The van der Waals surface area contributed by atoms with Crippen LogP contribution < -0.4 is 10.6 Å². The number of alkyl halides is 3. The Morgan fingerprint density at radius 3 is 2.43 bits per heavy atom. The van der Waals surface area contributed by atoms with Crippen LogP contribution in [0.1, 0.15) is 24.8 Å². The molecule has 1 aliphatic heterocycles. The minimum Gasteiger partial charge on any atom is -0.375 e. The zero-order chi connectivity index (χ0) is 16.2. The second-order valence-corrected chi connectivity index (χ2v) is 5.44. The molecule has 1 fully saturated rings. The number of hydrogen-bond donors (Lipinski definition) is 3. The molecule has 1 saturated heterocycles. The lowest BCUT2D eigenvalue weighted by atomic mass is 9.92. The molecule has 0 radical (unpaired) electrons. The predicted molar refractivity (Wildman–Crippen MR) is 82.3 cm³/mol. The number of piperidine rings is 1. The van der Waals surface area contributed by atoms with Gasteiger partial charge in [-0.1, -0.05) is 36.8 Å². The fourth-order valence-electron chi connectivity index (χ4n) is 2.49. The molecule has 4 nitrogen and oxygen atoms in total. The summed E-state index contributed by atoms with van der Waals surface area (Å²) < 4.78 is 39.8. The van der Waals surface area contributed by atoms with E-state index in [2.05, 4.69) is 10.6 Å². The number of amides is 1. The van der Waals surface area contributed by atoms with Crippen LogP contribution in [-0.2, 0) is 10.4 Å². The summed E-state index contributed by atoms with van der Waals surface area (Å²) in [4.78, 5) is 12.0. The smallest absolute Gasteiger partial charge is 0.375 e. The van der Waals surface area contributed by atoms with Crippen molar-refractivity contribution in [3.05, 3.63) is 35.9 Å². The van der Waals surface area contributed by atoms with E-state index in [0.29, 0.717) is 13.0 Å². The maximum Gasteiger partial charge on any atom is 0.423 e. The van der Waals surface area contributed by atoms with Crippen LogP contribution in [0.5, 0.6) is 0 Å². The van der Waals surface area contributed by atoms with Gasteiger partial charge in [0.25, 0.3) is 0 Å². The minimum atomic E-state index is -4.89. The third-order valence-electron chi connectivity index (χ3n) is 3.87. The van der Waals surface area contributed by atoms with Gasteiger partial charge in [-0.2, -0.15) is 13.2 Å². The van der Waals surface area contributed by atoms with Crippen LogP contribution in [0.4, 0.5) is 13.2 Å². The van der Waals surface area contributed by atoms with Crippen molar-refractivity contribution in [2.24, 2.45) is 0 Å². The molecule has 8 heteroatoms. The van der Waals surface area contributed by atoms with Gasteiger partial charge in [-0.3, -0.25) is 4.79 Å². The van der Waals surface area contributed by atoms with E-state index in [0.717, 1.165) is 12.8 Å². The standard InChI is InChI=1S/C15H19F3N2O2.ClH/c16-15(17,18)14(22,11-6-2-1-3-7-11)10-20-13(21)12-8-4-5-9-19-12;/h1-3,6-7,12,19,22H,4-5,8-10H2,(H,20,21);1H. The van der Waals surface area contributed by atoms with Crippen LogP contribution in [0, 0.1) is 0 Å². The maximum atomic E-state index is 13.3. The molecular formula is C15H20ClF3N2O2. The predicted octanol–water partition coefficient (Wildman–Crippen LogP) is 2.12. The highest BCUT2D eigenvalue weighted by Gasteiger charge is 2.55. The molecule has 1 aromatic carbocycles. The Morgan fingerprint density at radius 2 is 1.91 bits per heavy atom. The summed E-state index contributed by atoms with van der Waals surface area (Å²) in [5.41, 5.74) is -3.39. The third-order valence-corrected chi connectivity index (χ3v) is 3.87. The largest absolute Gasteiger partial charge is 0.423 e. The highest BCUT2D eigenvalue weighted by atomic mass is 35.5. The monoisotopic (exact) mass is 352 g/mol. The summed E-state index contributed by atoms with van der Waals surface area (Å²) in [5.74, 6) is -0.515. The molecule has 0 aliphatic carbocycles. The first-order chi connectivity index (χ1) is 10.3. The number of nitrogens with one attached hydrogen (secondary N) is 2. The van der Waals surface area contributed by atoms with E-state index in [1.54, 1.807) is 6.07 Å². The van der Waals surface area contributed by atoms with Crippen molar-refractivity contribution in [3.8, 4) is 0 Å². The second-order valence-electron chi connectivity index (χ2n) is 5.44. The number of hydrogen-bond acceptors (Lipinski definition) is 3. The first kappa shape index (κ1) is 19.7. The summed E-state index contributed by atoms with van der Waals surface area (Å²) in [6, 6.07) is 6.27. The van der Waals surface area contributed by atoms with Crippen LogP contribution in [0.2, 0.25) is 0 Å². The highest BCUT2D eigenvalue weighted by Crippen LogP contribution is 2.38. The van der Waals surface area contributed by atoms with Crippen molar-refractivity contribution >= 4 is 18.3 Å². The molecule has 1 amide bonds.